The molecule has 1 aliphatic rings. The lowest BCUT2D eigenvalue weighted by molar-refractivity contribution is 0.768. The molecule has 0 saturated carbocycles. The second-order valence-electron chi connectivity index (χ2n) is 18.3. The molecule has 0 fully saturated rings. The Morgan fingerprint density at radius 2 is 0.686 bits per heavy atom. The van der Waals surface area contributed by atoms with Gasteiger partial charge < -0.3 is 4.90 Å². The molecular weight excluding hydrogens is 843 g/mol. The van der Waals surface area contributed by atoms with Crippen molar-refractivity contribution in [3.05, 3.63) is 307 Å². The van der Waals surface area contributed by atoms with Crippen LogP contribution in [-0.4, -0.2) is 0 Å². The fourth-order valence-corrected chi connectivity index (χ4v) is 11.4. The molecule has 0 unspecified atom stereocenters. The smallest absolute Gasteiger partial charge is 0.0714 e. The third-order valence-corrected chi connectivity index (χ3v) is 14.6. The molecule has 0 atom stereocenters. The normalized spacial score (nSPS) is 12.4. The summed E-state index contributed by atoms with van der Waals surface area (Å²) >= 11 is 0. The number of hydrogen-bond donors (Lipinski definition) is 0. The first-order valence-corrected chi connectivity index (χ1v) is 24.2. The highest BCUT2D eigenvalue weighted by Gasteiger charge is 2.47. The summed E-state index contributed by atoms with van der Waals surface area (Å²) in [7, 11) is 0. The van der Waals surface area contributed by atoms with E-state index in [9.17, 15) is 0 Å². The predicted octanol–water partition coefficient (Wildman–Crippen LogP) is 18.5. The van der Waals surface area contributed by atoms with Crippen LogP contribution < -0.4 is 4.90 Å². The quantitative estimate of drug-likeness (QED) is 0.140. The second kappa shape index (κ2) is 17.2. The van der Waals surface area contributed by atoms with Gasteiger partial charge in [-0.05, 0) is 113 Å². The monoisotopic (exact) mass is 889 g/mol. The van der Waals surface area contributed by atoms with Crippen LogP contribution in [0.4, 0.5) is 17.1 Å². The first-order valence-electron chi connectivity index (χ1n) is 24.2. The van der Waals surface area contributed by atoms with E-state index in [1.807, 2.05) is 0 Å². The Hall–Kier alpha value is -9.04. The molecule has 0 radical (unpaired) electrons. The number of para-hydroxylation sites is 1. The minimum atomic E-state index is -0.541. The average molecular weight is 890 g/mol. The van der Waals surface area contributed by atoms with Crippen molar-refractivity contribution in [2.24, 2.45) is 0 Å². The van der Waals surface area contributed by atoms with Crippen molar-refractivity contribution in [2.45, 2.75) is 5.41 Å². The van der Waals surface area contributed by atoms with Crippen LogP contribution in [0.25, 0.3) is 77.2 Å². The summed E-state index contributed by atoms with van der Waals surface area (Å²) in [6.07, 6.45) is 0. The Morgan fingerprint density at radius 1 is 0.257 bits per heavy atom. The minimum absolute atomic E-state index is 0.541. The molecule has 0 amide bonds. The van der Waals surface area contributed by atoms with Crippen LogP contribution >= 0.6 is 0 Å². The van der Waals surface area contributed by atoms with E-state index in [4.69, 9.17) is 0 Å². The van der Waals surface area contributed by atoms with Gasteiger partial charge >= 0.3 is 0 Å². The fraction of sp³-hybridized carbons (Fsp3) is 0.0145. The van der Waals surface area contributed by atoms with E-state index in [2.05, 4.69) is 290 Å². The lowest BCUT2D eigenvalue weighted by Gasteiger charge is -2.34. The van der Waals surface area contributed by atoms with Gasteiger partial charge in [0.05, 0.1) is 16.8 Å². The van der Waals surface area contributed by atoms with Gasteiger partial charge in [0.15, 0.2) is 0 Å². The number of anilines is 3. The van der Waals surface area contributed by atoms with Gasteiger partial charge in [-0.3, -0.25) is 0 Å². The fourth-order valence-electron chi connectivity index (χ4n) is 11.4. The molecule has 0 spiro atoms. The number of fused-ring (bicyclic) bond motifs is 5. The zero-order valence-corrected chi connectivity index (χ0v) is 38.6. The highest BCUT2D eigenvalue weighted by molar-refractivity contribution is 6.01. The van der Waals surface area contributed by atoms with Crippen LogP contribution in [0.2, 0.25) is 0 Å². The van der Waals surface area contributed by atoms with Gasteiger partial charge in [0.25, 0.3) is 0 Å². The molecular formula is C69H47N. The molecule has 328 valence electrons. The molecule has 1 heteroatoms. The third kappa shape index (κ3) is 6.78. The molecule has 0 heterocycles. The maximum absolute atomic E-state index is 2.52. The van der Waals surface area contributed by atoms with E-state index in [1.165, 1.54) is 82.7 Å². The van der Waals surface area contributed by atoms with E-state index in [0.29, 0.717) is 0 Å². The summed E-state index contributed by atoms with van der Waals surface area (Å²) in [5, 5.41) is 5.01. The molecule has 70 heavy (non-hydrogen) atoms. The molecule has 0 aliphatic heterocycles. The Labute approximate surface area is 409 Å². The van der Waals surface area contributed by atoms with Gasteiger partial charge in [-0.25, -0.2) is 0 Å². The summed E-state index contributed by atoms with van der Waals surface area (Å²) in [6, 6.07) is 105. The molecule has 0 N–H and O–H groups in total. The lowest BCUT2D eigenvalue weighted by Crippen LogP contribution is -2.28. The van der Waals surface area contributed by atoms with Crippen molar-refractivity contribution < 1.29 is 0 Å². The van der Waals surface area contributed by atoms with Crippen molar-refractivity contribution in [3.8, 4) is 55.6 Å². The van der Waals surface area contributed by atoms with E-state index in [0.717, 1.165) is 33.8 Å². The van der Waals surface area contributed by atoms with Crippen molar-refractivity contribution in [3.63, 3.8) is 0 Å². The molecule has 0 saturated heterocycles. The van der Waals surface area contributed by atoms with Crippen molar-refractivity contribution in [1.82, 2.24) is 0 Å². The first-order chi connectivity index (χ1) is 34.7. The number of benzene rings is 12. The van der Waals surface area contributed by atoms with Crippen LogP contribution in [0.1, 0.15) is 22.3 Å². The predicted molar refractivity (Wildman–Crippen MR) is 295 cm³/mol. The number of hydrogen-bond acceptors (Lipinski definition) is 1. The summed E-state index contributed by atoms with van der Waals surface area (Å²) in [4.78, 5) is 2.52. The Balaban J connectivity index is 1.01. The maximum Gasteiger partial charge on any atom is 0.0714 e. The van der Waals surface area contributed by atoms with Crippen molar-refractivity contribution in [2.75, 3.05) is 4.90 Å². The van der Waals surface area contributed by atoms with Gasteiger partial charge in [-0.2, -0.15) is 0 Å². The summed E-state index contributed by atoms with van der Waals surface area (Å²) in [5.41, 5.74) is 19.8. The SMILES string of the molecule is c1ccc(C2(c3ccccc3)c3ccccc3-c3c(N(c4cccc(-c5ccc(-c6cccc7ccccc67)cc5)c4)c4ccccc4-c4ccc(-c5cccc6ccccc56)cc4)cccc32)cc1. The van der Waals surface area contributed by atoms with E-state index in [-0.39, 0.29) is 0 Å². The van der Waals surface area contributed by atoms with Gasteiger partial charge in [0, 0.05) is 16.8 Å². The summed E-state index contributed by atoms with van der Waals surface area (Å²) in [6.45, 7) is 0. The van der Waals surface area contributed by atoms with Crippen LogP contribution in [0, 0.1) is 0 Å². The van der Waals surface area contributed by atoms with E-state index >= 15 is 0 Å². The highest BCUT2D eigenvalue weighted by Crippen LogP contribution is 2.60. The Bertz CT molecular complexity index is 3820. The molecule has 1 nitrogen and oxygen atoms in total. The molecule has 12 aromatic rings. The van der Waals surface area contributed by atoms with E-state index in [1.54, 1.807) is 0 Å². The topological polar surface area (TPSA) is 3.24 Å². The Kier molecular flexibility index (Phi) is 10.1. The number of nitrogens with zero attached hydrogens (tertiary/aromatic N) is 1. The minimum Gasteiger partial charge on any atom is -0.309 e. The van der Waals surface area contributed by atoms with Crippen molar-refractivity contribution in [1.29, 1.82) is 0 Å². The van der Waals surface area contributed by atoms with Gasteiger partial charge in [-0.1, -0.05) is 261 Å². The Morgan fingerprint density at radius 3 is 1.31 bits per heavy atom. The molecule has 0 bridgehead atoms. The van der Waals surface area contributed by atoms with Gasteiger partial charge in [-0.15, -0.1) is 0 Å². The lowest BCUT2D eigenvalue weighted by atomic mass is 9.68. The van der Waals surface area contributed by atoms with Gasteiger partial charge in [0.1, 0.15) is 0 Å². The molecule has 1 aliphatic carbocycles. The van der Waals surface area contributed by atoms with Crippen LogP contribution in [0.15, 0.2) is 285 Å². The zero-order valence-electron chi connectivity index (χ0n) is 38.6. The van der Waals surface area contributed by atoms with Crippen molar-refractivity contribution >= 4 is 38.6 Å². The highest BCUT2D eigenvalue weighted by atomic mass is 15.1. The largest absolute Gasteiger partial charge is 0.309 e. The average Bonchev–Trinajstić information content (AvgIpc) is 3.75. The first kappa shape index (κ1) is 41.2. The molecule has 13 rings (SSSR count). The summed E-state index contributed by atoms with van der Waals surface area (Å²) in [5.74, 6) is 0. The van der Waals surface area contributed by atoms with Crippen LogP contribution in [0.5, 0.6) is 0 Å². The van der Waals surface area contributed by atoms with E-state index < -0.39 is 5.41 Å². The molecule has 12 aromatic carbocycles. The third-order valence-electron chi connectivity index (χ3n) is 14.6. The van der Waals surface area contributed by atoms with Gasteiger partial charge in [0.2, 0.25) is 0 Å². The second-order valence-corrected chi connectivity index (χ2v) is 18.3. The molecule has 0 aromatic heterocycles. The maximum atomic E-state index is 2.52. The van der Waals surface area contributed by atoms with Crippen LogP contribution in [-0.2, 0) is 5.41 Å². The number of rotatable bonds is 9. The summed E-state index contributed by atoms with van der Waals surface area (Å²) < 4.78 is 0. The zero-order chi connectivity index (χ0) is 46.4. The standard InChI is InChI=1S/C69H47N/c1-3-24-55(25-4-1)69(56-26-5-2-6-27-56)64-35-13-11-32-63(64)68-65(69)36-18-38-67(68)70(57-28-15-23-54(47-57)48-39-41-51(42-40-48)60-33-16-21-49-19-7-9-29-58(49)60)66-37-14-12-31-62(66)53-45-43-52(44-46-53)61-34-17-22-50-20-8-10-30-59(50)61/h1-47H. The van der Waals surface area contributed by atoms with Crippen LogP contribution in [0.3, 0.4) is 0 Å².